The van der Waals surface area contributed by atoms with Crippen LogP contribution in [0.25, 0.3) is 0 Å². The molecule has 108 valence electrons. The van der Waals surface area contributed by atoms with Crippen molar-refractivity contribution in [2.75, 3.05) is 19.7 Å². The summed E-state index contributed by atoms with van der Waals surface area (Å²) in [6.07, 6.45) is 0.819. The quantitative estimate of drug-likeness (QED) is 0.910. The molecule has 1 aliphatic heterocycles. The molecule has 19 heavy (non-hydrogen) atoms. The highest BCUT2D eigenvalue weighted by molar-refractivity contribution is 7.89. The predicted molar refractivity (Wildman–Crippen MR) is 75.7 cm³/mol. The average Bonchev–Trinajstić information content (AvgIpc) is 2.81. The van der Waals surface area contributed by atoms with E-state index in [1.54, 1.807) is 6.07 Å². The molecule has 2 N–H and O–H groups in total. The molecular formula is C12H20N2O3S2. The fourth-order valence-electron chi connectivity index (χ4n) is 2.18. The lowest BCUT2D eigenvalue weighted by molar-refractivity contribution is -0.00278. The lowest BCUT2D eigenvalue weighted by atomic mass is 10.2. The normalized spacial score (nSPS) is 21.7. The van der Waals surface area contributed by atoms with Gasteiger partial charge in [-0.25, -0.2) is 8.42 Å². The largest absolute Gasteiger partial charge is 0.375 e. The van der Waals surface area contributed by atoms with Gasteiger partial charge >= 0.3 is 0 Å². The second kappa shape index (κ2) is 5.88. The van der Waals surface area contributed by atoms with Crippen molar-refractivity contribution in [1.29, 1.82) is 0 Å². The van der Waals surface area contributed by atoms with E-state index in [0.717, 1.165) is 16.2 Å². The number of nitrogens with zero attached hydrogens (tertiary/aromatic N) is 1. The predicted octanol–water partition coefficient (Wildman–Crippen LogP) is 1.31. The van der Waals surface area contributed by atoms with Crippen molar-refractivity contribution in [1.82, 2.24) is 4.31 Å². The van der Waals surface area contributed by atoms with Crippen molar-refractivity contribution >= 4 is 21.4 Å². The Morgan fingerprint density at radius 3 is 2.89 bits per heavy atom. The summed E-state index contributed by atoms with van der Waals surface area (Å²) in [6.45, 7) is 5.53. The van der Waals surface area contributed by atoms with Gasteiger partial charge in [0, 0.05) is 29.4 Å². The highest BCUT2D eigenvalue weighted by atomic mass is 32.2. The molecule has 0 amide bonds. The van der Waals surface area contributed by atoms with E-state index in [0.29, 0.717) is 31.1 Å². The Kier molecular flexibility index (Phi) is 4.62. The van der Waals surface area contributed by atoms with Gasteiger partial charge in [-0.3, -0.25) is 0 Å². The van der Waals surface area contributed by atoms with Crippen molar-refractivity contribution in [2.24, 2.45) is 5.73 Å². The second-order valence-electron chi connectivity index (χ2n) is 4.60. The molecule has 0 radical (unpaired) electrons. The van der Waals surface area contributed by atoms with Crippen LogP contribution in [0.3, 0.4) is 0 Å². The van der Waals surface area contributed by atoms with Gasteiger partial charge in [0.1, 0.15) is 0 Å². The molecule has 1 aliphatic rings. The SMILES string of the molecule is CCC1CN(S(=O)(=O)c2cc(CN)sc2C)CCO1. The average molecular weight is 304 g/mol. The van der Waals surface area contributed by atoms with E-state index in [-0.39, 0.29) is 6.10 Å². The Hall–Kier alpha value is -0.470. The zero-order valence-corrected chi connectivity index (χ0v) is 12.9. The monoisotopic (exact) mass is 304 g/mol. The van der Waals surface area contributed by atoms with Crippen LogP contribution in [0, 0.1) is 6.92 Å². The van der Waals surface area contributed by atoms with Crippen LogP contribution in [0.4, 0.5) is 0 Å². The van der Waals surface area contributed by atoms with Gasteiger partial charge in [-0.1, -0.05) is 6.92 Å². The van der Waals surface area contributed by atoms with Crippen LogP contribution in [-0.2, 0) is 21.3 Å². The lowest BCUT2D eigenvalue weighted by Gasteiger charge is -2.31. The third-order valence-corrected chi connectivity index (χ3v) is 6.49. The summed E-state index contributed by atoms with van der Waals surface area (Å²) in [5.41, 5.74) is 5.58. The second-order valence-corrected chi connectivity index (χ2v) is 7.85. The van der Waals surface area contributed by atoms with Crippen LogP contribution < -0.4 is 5.73 Å². The number of hydrogen-bond acceptors (Lipinski definition) is 5. The van der Waals surface area contributed by atoms with Crippen molar-refractivity contribution in [3.63, 3.8) is 0 Å². The first kappa shape index (κ1) is 14.9. The Balaban J connectivity index is 2.28. The van der Waals surface area contributed by atoms with Crippen molar-refractivity contribution in [2.45, 2.75) is 37.8 Å². The van der Waals surface area contributed by atoms with Crippen LogP contribution in [0.5, 0.6) is 0 Å². The van der Waals surface area contributed by atoms with E-state index in [2.05, 4.69) is 0 Å². The molecule has 1 saturated heterocycles. The van der Waals surface area contributed by atoms with Gasteiger partial charge in [-0.05, 0) is 19.4 Å². The first-order valence-electron chi connectivity index (χ1n) is 6.40. The molecular weight excluding hydrogens is 284 g/mol. The molecule has 5 nitrogen and oxygen atoms in total. The number of ether oxygens (including phenoxy) is 1. The molecule has 0 saturated carbocycles. The van der Waals surface area contributed by atoms with E-state index in [1.807, 2.05) is 13.8 Å². The third kappa shape index (κ3) is 3.00. The summed E-state index contributed by atoms with van der Waals surface area (Å²) in [5.74, 6) is 0. The molecule has 7 heteroatoms. The van der Waals surface area contributed by atoms with Crippen molar-refractivity contribution in [3.8, 4) is 0 Å². The molecule has 0 aliphatic carbocycles. The Labute approximate surface area is 118 Å². The molecule has 1 aromatic heterocycles. The first-order valence-corrected chi connectivity index (χ1v) is 8.65. The summed E-state index contributed by atoms with van der Waals surface area (Å²) < 4.78 is 32.3. The minimum Gasteiger partial charge on any atom is -0.375 e. The van der Waals surface area contributed by atoms with Gasteiger partial charge < -0.3 is 10.5 Å². The minimum atomic E-state index is -3.42. The maximum atomic E-state index is 12.6. The number of sulfonamides is 1. The first-order chi connectivity index (χ1) is 8.98. The maximum Gasteiger partial charge on any atom is 0.244 e. The Bertz CT molecular complexity index is 539. The zero-order valence-electron chi connectivity index (χ0n) is 11.3. The number of hydrogen-bond donors (Lipinski definition) is 1. The van der Waals surface area contributed by atoms with Crippen LogP contribution >= 0.6 is 11.3 Å². The third-order valence-electron chi connectivity index (χ3n) is 3.30. The topological polar surface area (TPSA) is 72.6 Å². The Morgan fingerprint density at radius 1 is 1.58 bits per heavy atom. The van der Waals surface area contributed by atoms with E-state index >= 15 is 0 Å². The number of aryl methyl sites for hydroxylation is 1. The number of nitrogens with two attached hydrogens (primary N) is 1. The fraction of sp³-hybridized carbons (Fsp3) is 0.667. The number of rotatable bonds is 4. The lowest BCUT2D eigenvalue weighted by Crippen LogP contribution is -2.45. The van der Waals surface area contributed by atoms with Gasteiger partial charge in [-0.15, -0.1) is 11.3 Å². The van der Waals surface area contributed by atoms with Gasteiger partial charge in [0.25, 0.3) is 0 Å². The molecule has 1 aromatic rings. The smallest absolute Gasteiger partial charge is 0.244 e. The van der Waals surface area contributed by atoms with Crippen molar-refractivity contribution < 1.29 is 13.2 Å². The van der Waals surface area contributed by atoms with Gasteiger partial charge in [-0.2, -0.15) is 4.31 Å². The highest BCUT2D eigenvalue weighted by Gasteiger charge is 2.32. The van der Waals surface area contributed by atoms with E-state index in [4.69, 9.17) is 10.5 Å². The molecule has 0 aromatic carbocycles. The molecule has 1 atom stereocenters. The van der Waals surface area contributed by atoms with E-state index in [9.17, 15) is 8.42 Å². The highest BCUT2D eigenvalue weighted by Crippen LogP contribution is 2.29. The summed E-state index contributed by atoms with van der Waals surface area (Å²) in [4.78, 5) is 2.10. The molecule has 2 rings (SSSR count). The minimum absolute atomic E-state index is 0.00329. The van der Waals surface area contributed by atoms with Crippen LogP contribution in [0.1, 0.15) is 23.1 Å². The van der Waals surface area contributed by atoms with Gasteiger partial charge in [0.15, 0.2) is 0 Å². The molecule has 0 spiro atoms. The van der Waals surface area contributed by atoms with Crippen LogP contribution in [0.2, 0.25) is 0 Å². The van der Waals surface area contributed by atoms with Gasteiger partial charge in [0.2, 0.25) is 10.0 Å². The van der Waals surface area contributed by atoms with Gasteiger partial charge in [0.05, 0.1) is 17.6 Å². The summed E-state index contributed by atoms with van der Waals surface area (Å²) in [7, 11) is -3.42. The summed E-state index contributed by atoms with van der Waals surface area (Å²) >= 11 is 1.45. The standard InChI is InChI=1S/C12H20N2O3S2/c1-3-10-8-14(4-5-17-10)19(15,16)12-6-11(7-13)18-9(12)2/h6,10H,3-5,7-8,13H2,1-2H3. The zero-order chi connectivity index (χ0) is 14.0. The van der Waals surface area contributed by atoms with E-state index < -0.39 is 10.0 Å². The summed E-state index contributed by atoms with van der Waals surface area (Å²) in [5, 5.41) is 0. The van der Waals surface area contributed by atoms with Crippen LogP contribution in [-0.4, -0.2) is 38.5 Å². The molecule has 1 unspecified atom stereocenters. The van der Waals surface area contributed by atoms with E-state index in [1.165, 1.54) is 15.6 Å². The maximum absolute atomic E-state index is 12.6. The summed E-state index contributed by atoms with van der Waals surface area (Å²) in [6, 6.07) is 1.70. The molecule has 0 bridgehead atoms. The van der Waals surface area contributed by atoms with Crippen LogP contribution in [0.15, 0.2) is 11.0 Å². The van der Waals surface area contributed by atoms with Crippen molar-refractivity contribution in [3.05, 3.63) is 15.8 Å². The fourth-order valence-corrected chi connectivity index (χ4v) is 5.12. The number of morpholine rings is 1. The molecule has 1 fully saturated rings. The Morgan fingerprint density at radius 2 is 2.32 bits per heavy atom. The number of thiophene rings is 1. The molecule has 2 heterocycles.